The predicted molar refractivity (Wildman–Crippen MR) is 108 cm³/mol. The normalized spacial score (nSPS) is 11.8. The molecular formula is C23H25NO3. The van der Waals surface area contributed by atoms with E-state index in [4.69, 9.17) is 9.47 Å². The Hall–Kier alpha value is -3.01. The molecule has 1 amide bonds. The van der Waals surface area contributed by atoms with Crippen molar-refractivity contribution in [2.45, 2.75) is 26.4 Å². The molecule has 0 saturated heterocycles. The molecule has 140 valence electrons. The molecule has 1 atom stereocenters. The summed E-state index contributed by atoms with van der Waals surface area (Å²) in [6, 6.07) is 21.9. The Morgan fingerprint density at radius 1 is 0.963 bits per heavy atom. The SMILES string of the molecule is CCc1ccc(OCCNC(=O)C(C)Oc2ccc3ccccc3c2)cc1. The third-order valence-electron chi connectivity index (χ3n) is 4.40. The van der Waals surface area contributed by atoms with Crippen LogP contribution in [0.5, 0.6) is 11.5 Å². The van der Waals surface area contributed by atoms with Crippen molar-refractivity contribution < 1.29 is 14.3 Å². The fourth-order valence-electron chi connectivity index (χ4n) is 2.81. The average Bonchev–Trinajstić information content (AvgIpc) is 2.71. The van der Waals surface area contributed by atoms with E-state index >= 15 is 0 Å². The van der Waals surface area contributed by atoms with E-state index in [1.54, 1.807) is 6.92 Å². The predicted octanol–water partition coefficient (Wildman–Crippen LogP) is 4.36. The van der Waals surface area contributed by atoms with Crippen LogP contribution in [0.1, 0.15) is 19.4 Å². The van der Waals surface area contributed by atoms with Gasteiger partial charge in [0.2, 0.25) is 0 Å². The van der Waals surface area contributed by atoms with Crippen LogP contribution in [0.15, 0.2) is 66.7 Å². The quantitative estimate of drug-likeness (QED) is 0.605. The molecule has 0 fully saturated rings. The number of rotatable bonds is 8. The summed E-state index contributed by atoms with van der Waals surface area (Å²) in [5, 5.41) is 5.08. The van der Waals surface area contributed by atoms with E-state index in [1.165, 1.54) is 5.56 Å². The first-order valence-electron chi connectivity index (χ1n) is 9.30. The molecule has 0 radical (unpaired) electrons. The zero-order chi connectivity index (χ0) is 19.1. The van der Waals surface area contributed by atoms with Gasteiger partial charge in [0.05, 0.1) is 6.54 Å². The number of aryl methyl sites for hydroxylation is 1. The van der Waals surface area contributed by atoms with Gasteiger partial charge in [-0.15, -0.1) is 0 Å². The molecule has 3 aromatic carbocycles. The summed E-state index contributed by atoms with van der Waals surface area (Å²) in [7, 11) is 0. The smallest absolute Gasteiger partial charge is 0.260 e. The lowest BCUT2D eigenvalue weighted by atomic mass is 10.1. The number of benzene rings is 3. The molecule has 4 nitrogen and oxygen atoms in total. The zero-order valence-corrected chi connectivity index (χ0v) is 15.8. The van der Waals surface area contributed by atoms with Crippen LogP contribution in [0.25, 0.3) is 10.8 Å². The Balaban J connectivity index is 1.44. The largest absolute Gasteiger partial charge is 0.492 e. The van der Waals surface area contributed by atoms with Crippen LogP contribution in [-0.2, 0) is 11.2 Å². The van der Waals surface area contributed by atoms with E-state index in [-0.39, 0.29) is 5.91 Å². The van der Waals surface area contributed by atoms with Crippen molar-refractivity contribution in [1.29, 1.82) is 0 Å². The van der Waals surface area contributed by atoms with Gasteiger partial charge in [0, 0.05) is 0 Å². The number of ether oxygens (including phenoxy) is 2. The van der Waals surface area contributed by atoms with Crippen molar-refractivity contribution in [3.8, 4) is 11.5 Å². The molecule has 1 unspecified atom stereocenters. The number of fused-ring (bicyclic) bond motifs is 1. The minimum Gasteiger partial charge on any atom is -0.492 e. The molecule has 0 saturated carbocycles. The van der Waals surface area contributed by atoms with Crippen LogP contribution in [0.3, 0.4) is 0 Å². The maximum absolute atomic E-state index is 12.2. The lowest BCUT2D eigenvalue weighted by molar-refractivity contribution is -0.127. The van der Waals surface area contributed by atoms with Gasteiger partial charge in [-0.3, -0.25) is 4.79 Å². The molecule has 1 N–H and O–H groups in total. The number of carbonyl (C=O) groups is 1. The summed E-state index contributed by atoms with van der Waals surface area (Å²) in [5.74, 6) is 1.33. The molecule has 0 spiro atoms. The standard InChI is InChI=1S/C23H25NO3/c1-3-18-8-11-21(12-9-18)26-15-14-24-23(25)17(2)27-22-13-10-19-6-4-5-7-20(19)16-22/h4-13,16-17H,3,14-15H2,1-2H3,(H,24,25). The lowest BCUT2D eigenvalue weighted by Crippen LogP contribution is -2.38. The van der Waals surface area contributed by atoms with Gasteiger partial charge in [-0.05, 0) is 53.9 Å². The molecule has 0 aliphatic heterocycles. The van der Waals surface area contributed by atoms with Crippen molar-refractivity contribution >= 4 is 16.7 Å². The monoisotopic (exact) mass is 363 g/mol. The molecule has 0 aromatic heterocycles. The number of amides is 1. The number of nitrogens with one attached hydrogen (secondary N) is 1. The lowest BCUT2D eigenvalue weighted by Gasteiger charge is -2.15. The highest BCUT2D eigenvalue weighted by Crippen LogP contribution is 2.21. The van der Waals surface area contributed by atoms with Crippen molar-refractivity contribution in [2.24, 2.45) is 0 Å². The van der Waals surface area contributed by atoms with Crippen LogP contribution < -0.4 is 14.8 Å². The van der Waals surface area contributed by atoms with E-state index in [0.29, 0.717) is 18.9 Å². The molecule has 0 aliphatic carbocycles. The number of carbonyl (C=O) groups excluding carboxylic acids is 1. The van der Waals surface area contributed by atoms with Crippen LogP contribution >= 0.6 is 0 Å². The minimum atomic E-state index is -0.574. The zero-order valence-electron chi connectivity index (χ0n) is 15.8. The van der Waals surface area contributed by atoms with Crippen molar-refractivity contribution in [3.05, 3.63) is 72.3 Å². The maximum Gasteiger partial charge on any atom is 0.260 e. The van der Waals surface area contributed by atoms with E-state index in [2.05, 4.69) is 12.2 Å². The van der Waals surface area contributed by atoms with Crippen LogP contribution in [0, 0.1) is 0 Å². The molecule has 0 aliphatic rings. The van der Waals surface area contributed by atoms with Crippen molar-refractivity contribution in [1.82, 2.24) is 5.32 Å². The van der Waals surface area contributed by atoms with Gasteiger partial charge in [0.1, 0.15) is 18.1 Å². The van der Waals surface area contributed by atoms with Crippen LogP contribution in [-0.4, -0.2) is 25.2 Å². The summed E-state index contributed by atoms with van der Waals surface area (Å²) >= 11 is 0. The fraction of sp³-hybridized carbons (Fsp3) is 0.261. The Morgan fingerprint density at radius 2 is 1.67 bits per heavy atom. The topological polar surface area (TPSA) is 47.6 Å². The summed E-state index contributed by atoms with van der Waals surface area (Å²) < 4.78 is 11.4. The second-order valence-electron chi connectivity index (χ2n) is 6.41. The molecule has 4 heteroatoms. The molecule has 3 rings (SSSR count). The van der Waals surface area contributed by atoms with Gasteiger partial charge in [-0.25, -0.2) is 0 Å². The van der Waals surface area contributed by atoms with E-state index in [0.717, 1.165) is 22.9 Å². The van der Waals surface area contributed by atoms with Gasteiger partial charge in [0.25, 0.3) is 5.91 Å². The first-order chi connectivity index (χ1) is 13.2. The highest BCUT2D eigenvalue weighted by Gasteiger charge is 2.14. The molecule has 0 heterocycles. The van der Waals surface area contributed by atoms with Crippen molar-refractivity contribution in [3.63, 3.8) is 0 Å². The first kappa shape index (κ1) is 18.8. The van der Waals surface area contributed by atoms with E-state index in [9.17, 15) is 4.79 Å². The van der Waals surface area contributed by atoms with Crippen LogP contribution in [0.4, 0.5) is 0 Å². The molecule has 27 heavy (non-hydrogen) atoms. The second-order valence-corrected chi connectivity index (χ2v) is 6.41. The summed E-state index contributed by atoms with van der Waals surface area (Å²) in [4.78, 5) is 12.2. The summed E-state index contributed by atoms with van der Waals surface area (Å²) in [6.07, 6.45) is 0.431. The van der Waals surface area contributed by atoms with Crippen molar-refractivity contribution in [2.75, 3.05) is 13.2 Å². The Bertz CT molecular complexity index is 890. The number of hydrogen-bond acceptors (Lipinski definition) is 3. The Kier molecular flexibility index (Phi) is 6.31. The molecule has 0 bridgehead atoms. The van der Waals surface area contributed by atoms with Gasteiger partial charge in [0.15, 0.2) is 6.10 Å². The van der Waals surface area contributed by atoms with Gasteiger partial charge in [-0.2, -0.15) is 0 Å². The van der Waals surface area contributed by atoms with Gasteiger partial charge in [-0.1, -0.05) is 49.4 Å². The molecule has 3 aromatic rings. The average molecular weight is 363 g/mol. The fourth-order valence-corrected chi connectivity index (χ4v) is 2.81. The molecular weight excluding hydrogens is 338 g/mol. The summed E-state index contributed by atoms with van der Waals surface area (Å²) in [6.45, 7) is 4.71. The third-order valence-corrected chi connectivity index (χ3v) is 4.40. The second kappa shape index (κ2) is 9.08. The Morgan fingerprint density at radius 3 is 2.41 bits per heavy atom. The third kappa shape index (κ3) is 5.23. The first-order valence-corrected chi connectivity index (χ1v) is 9.30. The van der Waals surface area contributed by atoms with E-state index < -0.39 is 6.10 Å². The van der Waals surface area contributed by atoms with Gasteiger partial charge >= 0.3 is 0 Å². The summed E-state index contributed by atoms with van der Waals surface area (Å²) in [5.41, 5.74) is 1.27. The minimum absolute atomic E-state index is 0.159. The van der Waals surface area contributed by atoms with E-state index in [1.807, 2.05) is 66.7 Å². The highest BCUT2D eigenvalue weighted by molar-refractivity contribution is 5.84. The highest BCUT2D eigenvalue weighted by atomic mass is 16.5. The Labute approximate surface area is 160 Å². The number of hydrogen-bond donors (Lipinski definition) is 1. The van der Waals surface area contributed by atoms with Gasteiger partial charge < -0.3 is 14.8 Å². The van der Waals surface area contributed by atoms with Crippen LogP contribution in [0.2, 0.25) is 0 Å². The maximum atomic E-state index is 12.2.